The van der Waals surface area contributed by atoms with E-state index in [9.17, 15) is 0 Å². The van der Waals surface area contributed by atoms with Crippen LogP contribution in [0.5, 0.6) is 0 Å². The van der Waals surface area contributed by atoms with Crippen molar-refractivity contribution < 1.29 is 0 Å². The van der Waals surface area contributed by atoms with Gasteiger partial charge < -0.3 is 10.7 Å². The zero-order valence-electron chi connectivity index (χ0n) is 12.8. The molecule has 3 N–H and O–H groups in total. The van der Waals surface area contributed by atoms with Crippen LogP contribution in [0, 0.1) is 6.92 Å². The molecule has 0 spiro atoms. The Balaban J connectivity index is 2.15. The number of rotatable bonds is 5. The highest BCUT2D eigenvalue weighted by atomic mass is 79.9. The summed E-state index contributed by atoms with van der Waals surface area (Å²) in [4.78, 5) is 3.65. The lowest BCUT2D eigenvalue weighted by molar-refractivity contribution is 0.748. The van der Waals surface area contributed by atoms with Gasteiger partial charge in [0.25, 0.3) is 0 Å². The van der Waals surface area contributed by atoms with Crippen molar-refractivity contribution in [3.8, 4) is 11.3 Å². The monoisotopic (exact) mass is 356 g/mol. The van der Waals surface area contributed by atoms with E-state index in [2.05, 4.69) is 70.3 Å². The van der Waals surface area contributed by atoms with Gasteiger partial charge in [-0.25, -0.2) is 0 Å². The van der Waals surface area contributed by atoms with Crippen molar-refractivity contribution >= 4 is 26.8 Å². The van der Waals surface area contributed by atoms with E-state index in [0.29, 0.717) is 0 Å². The maximum Gasteiger partial charge on any atom is 0.0497 e. The van der Waals surface area contributed by atoms with Crippen molar-refractivity contribution in [1.29, 1.82) is 0 Å². The molecule has 1 aromatic heterocycles. The SMILES string of the molecule is Cc1cccc2c(CCCCN)c(-c3cccc(Br)c3)[nH]c12. The molecule has 0 saturated carbocycles. The summed E-state index contributed by atoms with van der Waals surface area (Å²) in [6.07, 6.45) is 3.25. The number of H-pyrrole nitrogens is 1. The van der Waals surface area contributed by atoms with Gasteiger partial charge in [-0.15, -0.1) is 0 Å². The van der Waals surface area contributed by atoms with Crippen LogP contribution >= 0.6 is 15.9 Å². The molecule has 22 heavy (non-hydrogen) atoms. The minimum absolute atomic E-state index is 0.758. The second-order valence-corrected chi connectivity index (χ2v) is 6.65. The largest absolute Gasteiger partial charge is 0.354 e. The molecule has 0 saturated heterocycles. The van der Waals surface area contributed by atoms with Gasteiger partial charge in [0.05, 0.1) is 0 Å². The van der Waals surface area contributed by atoms with Gasteiger partial charge in [-0.2, -0.15) is 0 Å². The van der Waals surface area contributed by atoms with Crippen molar-refractivity contribution in [2.75, 3.05) is 6.54 Å². The number of halogens is 1. The summed E-state index contributed by atoms with van der Waals surface area (Å²) in [7, 11) is 0. The third kappa shape index (κ3) is 2.96. The summed E-state index contributed by atoms with van der Waals surface area (Å²) in [5, 5.41) is 1.34. The summed E-state index contributed by atoms with van der Waals surface area (Å²) in [5.74, 6) is 0. The first-order valence-electron chi connectivity index (χ1n) is 7.77. The van der Waals surface area contributed by atoms with Crippen molar-refractivity contribution in [3.63, 3.8) is 0 Å². The molecule has 0 radical (unpaired) electrons. The fourth-order valence-electron chi connectivity index (χ4n) is 3.02. The molecule has 0 aliphatic heterocycles. The smallest absolute Gasteiger partial charge is 0.0497 e. The number of para-hydroxylation sites is 1. The van der Waals surface area contributed by atoms with E-state index in [1.165, 1.54) is 33.3 Å². The lowest BCUT2D eigenvalue weighted by Gasteiger charge is -2.06. The predicted octanol–water partition coefficient (Wildman–Crippen LogP) is 5.19. The number of aromatic nitrogens is 1. The lowest BCUT2D eigenvalue weighted by Crippen LogP contribution is -1.99. The van der Waals surface area contributed by atoms with Gasteiger partial charge in [0.15, 0.2) is 0 Å². The Hall–Kier alpha value is -1.58. The van der Waals surface area contributed by atoms with Crippen molar-refractivity contribution in [2.45, 2.75) is 26.2 Å². The van der Waals surface area contributed by atoms with Gasteiger partial charge in [0, 0.05) is 21.1 Å². The van der Waals surface area contributed by atoms with Gasteiger partial charge >= 0.3 is 0 Å². The van der Waals surface area contributed by atoms with E-state index < -0.39 is 0 Å². The number of aryl methyl sites for hydroxylation is 2. The van der Waals surface area contributed by atoms with E-state index in [4.69, 9.17) is 5.73 Å². The highest BCUT2D eigenvalue weighted by Crippen LogP contribution is 2.33. The molecule has 0 aliphatic rings. The van der Waals surface area contributed by atoms with Crippen LogP contribution in [0.15, 0.2) is 46.9 Å². The average Bonchev–Trinajstić information content (AvgIpc) is 2.88. The molecule has 3 rings (SSSR count). The molecule has 0 amide bonds. The first kappa shape index (κ1) is 15.3. The number of hydrogen-bond donors (Lipinski definition) is 2. The van der Waals surface area contributed by atoms with Crippen LogP contribution in [-0.2, 0) is 6.42 Å². The van der Waals surface area contributed by atoms with Crippen molar-refractivity contribution in [1.82, 2.24) is 4.98 Å². The molecular formula is C19H21BrN2. The summed E-state index contributed by atoms with van der Waals surface area (Å²) in [6, 6.07) is 15.0. The number of nitrogens with one attached hydrogen (secondary N) is 1. The lowest BCUT2D eigenvalue weighted by atomic mass is 9.99. The molecule has 2 nitrogen and oxygen atoms in total. The fourth-order valence-corrected chi connectivity index (χ4v) is 3.42. The second kappa shape index (κ2) is 6.67. The van der Waals surface area contributed by atoms with Gasteiger partial charge in [0.1, 0.15) is 0 Å². The predicted molar refractivity (Wildman–Crippen MR) is 98.2 cm³/mol. The molecular weight excluding hydrogens is 336 g/mol. The first-order chi connectivity index (χ1) is 10.7. The molecule has 2 aromatic carbocycles. The normalized spacial score (nSPS) is 11.2. The molecule has 114 valence electrons. The number of unbranched alkanes of at least 4 members (excludes halogenated alkanes) is 1. The Labute approximate surface area is 139 Å². The molecule has 3 heteroatoms. The molecule has 0 atom stereocenters. The highest BCUT2D eigenvalue weighted by molar-refractivity contribution is 9.10. The first-order valence-corrected chi connectivity index (χ1v) is 8.56. The minimum Gasteiger partial charge on any atom is -0.354 e. The number of nitrogens with two attached hydrogens (primary N) is 1. The van der Waals surface area contributed by atoms with Crippen LogP contribution in [-0.4, -0.2) is 11.5 Å². The Bertz CT molecular complexity index is 789. The number of aromatic amines is 1. The van der Waals surface area contributed by atoms with Crippen LogP contribution in [0.4, 0.5) is 0 Å². The van der Waals surface area contributed by atoms with Crippen LogP contribution in [0.2, 0.25) is 0 Å². The molecule has 3 aromatic rings. The van der Waals surface area contributed by atoms with Crippen molar-refractivity contribution in [2.24, 2.45) is 5.73 Å². The van der Waals surface area contributed by atoms with Gasteiger partial charge in [-0.1, -0.05) is 46.3 Å². The molecule has 0 aliphatic carbocycles. The van der Waals surface area contributed by atoms with E-state index >= 15 is 0 Å². The zero-order valence-corrected chi connectivity index (χ0v) is 14.4. The number of benzene rings is 2. The van der Waals surface area contributed by atoms with Gasteiger partial charge in [-0.3, -0.25) is 0 Å². The topological polar surface area (TPSA) is 41.8 Å². The Morgan fingerprint density at radius 2 is 1.91 bits per heavy atom. The number of hydrogen-bond acceptors (Lipinski definition) is 1. The Morgan fingerprint density at radius 1 is 1.09 bits per heavy atom. The van der Waals surface area contributed by atoms with Gasteiger partial charge in [-0.05, 0) is 61.6 Å². The Morgan fingerprint density at radius 3 is 2.68 bits per heavy atom. The van der Waals surface area contributed by atoms with Crippen LogP contribution in [0.3, 0.4) is 0 Å². The molecule has 0 bridgehead atoms. The standard InChI is InChI=1S/C19H21BrN2/c1-13-6-4-10-16-17(9-2-3-11-21)19(22-18(13)16)14-7-5-8-15(20)12-14/h4-8,10,12,22H,2-3,9,11,21H2,1H3. The van der Waals surface area contributed by atoms with Crippen molar-refractivity contribution in [3.05, 3.63) is 58.1 Å². The van der Waals surface area contributed by atoms with Crippen LogP contribution in [0.25, 0.3) is 22.2 Å². The summed E-state index contributed by atoms with van der Waals surface area (Å²) in [6.45, 7) is 2.92. The van der Waals surface area contributed by atoms with E-state index in [1.807, 2.05) is 0 Å². The van der Waals surface area contributed by atoms with E-state index in [1.54, 1.807) is 0 Å². The maximum atomic E-state index is 5.66. The zero-order chi connectivity index (χ0) is 15.5. The average molecular weight is 357 g/mol. The summed E-state index contributed by atoms with van der Waals surface area (Å²) in [5.41, 5.74) is 12.1. The molecule has 0 fully saturated rings. The Kier molecular flexibility index (Phi) is 4.65. The highest BCUT2D eigenvalue weighted by Gasteiger charge is 2.14. The fraction of sp³-hybridized carbons (Fsp3) is 0.263. The second-order valence-electron chi connectivity index (χ2n) is 5.73. The molecule has 0 unspecified atom stereocenters. The van der Waals surface area contributed by atoms with Gasteiger partial charge in [0.2, 0.25) is 0 Å². The minimum atomic E-state index is 0.758. The van der Waals surface area contributed by atoms with E-state index in [-0.39, 0.29) is 0 Å². The van der Waals surface area contributed by atoms with E-state index in [0.717, 1.165) is 30.3 Å². The molecule has 1 heterocycles. The van der Waals surface area contributed by atoms with Crippen LogP contribution < -0.4 is 5.73 Å². The van der Waals surface area contributed by atoms with Crippen LogP contribution in [0.1, 0.15) is 24.0 Å². The quantitative estimate of drug-likeness (QED) is 0.607. The summed E-state index contributed by atoms with van der Waals surface area (Å²) >= 11 is 3.58. The maximum absolute atomic E-state index is 5.66. The third-order valence-corrected chi connectivity index (χ3v) is 4.64. The summed E-state index contributed by atoms with van der Waals surface area (Å²) < 4.78 is 1.10. The number of fused-ring (bicyclic) bond motifs is 1. The third-order valence-electron chi connectivity index (χ3n) is 4.14.